The molecule has 0 spiro atoms. The van der Waals surface area contributed by atoms with Crippen molar-refractivity contribution >= 4 is 0 Å². The van der Waals surface area contributed by atoms with Crippen molar-refractivity contribution in [3.05, 3.63) is 0 Å². The molecule has 0 aromatic heterocycles. The van der Waals surface area contributed by atoms with Gasteiger partial charge in [0.25, 0.3) is 0 Å². The summed E-state index contributed by atoms with van der Waals surface area (Å²) < 4.78 is 5.30. The molecular weight excluding hydrogens is 126 g/mol. The summed E-state index contributed by atoms with van der Waals surface area (Å²) in [4.78, 5) is 0. The first-order chi connectivity index (χ1) is 4.79. The fourth-order valence-electron chi connectivity index (χ4n) is 1.37. The van der Waals surface area contributed by atoms with E-state index in [4.69, 9.17) is 10.5 Å². The number of rotatable bonds is 4. The Bertz CT molecular complexity index is 101. The van der Waals surface area contributed by atoms with Crippen LogP contribution >= 0.6 is 0 Å². The maximum Gasteiger partial charge on any atom is 0.0750 e. The first-order valence-electron chi connectivity index (χ1n) is 4.08. The van der Waals surface area contributed by atoms with Gasteiger partial charge in [-0.15, -0.1) is 0 Å². The quantitative estimate of drug-likeness (QED) is 0.640. The second-order valence-electron chi connectivity index (χ2n) is 3.11. The van der Waals surface area contributed by atoms with Gasteiger partial charge in [-0.2, -0.15) is 0 Å². The smallest absolute Gasteiger partial charge is 0.0750 e. The molecule has 1 rings (SSSR count). The minimum absolute atomic E-state index is 0.248. The molecule has 2 nitrogen and oxygen atoms in total. The van der Waals surface area contributed by atoms with Gasteiger partial charge in [0.15, 0.2) is 0 Å². The van der Waals surface area contributed by atoms with Gasteiger partial charge in [0.2, 0.25) is 0 Å². The molecule has 1 aliphatic carbocycles. The average Bonchev–Trinajstić information content (AvgIpc) is 2.73. The Labute approximate surface area is 62.7 Å². The minimum Gasteiger partial charge on any atom is -0.380 e. The van der Waals surface area contributed by atoms with Crippen molar-refractivity contribution in [2.75, 3.05) is 7.11 Å². The van der Waals surface area contributed by atoms with Gasteiger partial charge in [0, 0.05) is 13.2 Å². The fraction of sp³-hybridized carbons (Fsp3) is 1.00. The molecule has 0 saturated heterocycles. The molecule has 1 unspecified atom stereocenters. The maximum atomic E-state index is 5.84. The minimum atomic E-state index is 0.248. The lowest BCUT2D eigenvalue weighted by Gasteiger charge is -2.20. The molecule has 1 saturated carbocycles. The highest BCUT2D eigenvalue weighted by atomic mass is 16.5. The van der Waals surface area contributed by atoms with Crippen LogP contribution in [-0.4, -0.2) is 19.3 Å². The van der Waals surface area contributed by atoms with E-state index in [2.05, 4.69) is 6.92 Å². The number of hydrogen-bond acceptors (Lipinski definition) is 2. The molecule has 0 aliphatic heterocycles. The molecule has 0 bridgehead atoms. The van der Waals surface area contributed by atoms with Crippen LogP contribution in [0.25, 0.3) is 0 Å². The summed E-state index contributed by atoms with van der Waals surface area (Å²) in [5.74, 6) is 0.764. The van der Waals surface area contributed by atoms with Crippen LogP contribution in [0.5, 0.6) is 0 Å². The lowest BCUT2D eigenvalue weighted by atomic mass is 10.1. The Morgan fingerprint density at radius 1 is 1.60 bits per heavy atom. The average molecular weight is 143 g/mol. The van der Waals surface area contributed by atoms with E-state index in [1.165, 1.54) is 12.8 Å². The van der Waals surface area contributed by atoms with E-state index in [1.54, 1.807) is 7.11 Å². The summed E-state index contributed by atoms with van der Waals surface area (Å²) in [5, 5.41) is 0. The molecule has 10 heavy (non-hydrogen) atoms. The summed E-state index contributed by atoms with van der Waals surface area (Å²) >= 11 is 0. The maximum absolute atomic E-state index is 5.84. The molecule has 2 atom stereocenters. The van der Waals surface area contributed by atoms with Crippen LogP contribution in [0.15, 0.2) is 0 Å². The summed E-state index contributed by atoms with van der Waals surface area (Å²) in [6.45, 7) is 2.11. The van der Waals surface area contributed by atoms with Gasteiger partial charge in [-0.3, -0.25) is 0 Å². The first-order valence-corrected chi connectivity index (χ1v) is 4.08. The van der Waals surface area contributed by atoms with Gasteiger partial charge in [-0.1, -0.05) is 6.92 Å². The van der Waals surface area contributed by atoms with E-state index in [-0.39, 0.29) is 6.04 Å². The number of nitrogens with two attached hydrogens (primary N) is 1. The predicted octanol–water partition coefficient (Wildman–Crippen LogP) is 1.15. The van der Waals surface area contributed by atoms with Gasteiger partial charge in [0.05, 0.1) is 6.10 Å². The van der Waals surface area contributed by atoms with Crippen LogP contribution in [0.1, 0.15) is 26.2 Å². The van der Waals surface area contributed by atoms with Crippen molar-refractivity contribution in [1.82, 2.24) is 0 Å². The fourth-order valence-corrected chi connectivity index (χ4v) is 1.37. The summed E-state index contributed by atoms with van der Waals surface area (Å²) in [5.41, 5.74) is 5.84. The topological polar surface area (TPSA) is 35.2 Å². The van der Waals surface area contributed by atoms with Crippen molar-refractivity contribution in [2.45, 2.75) is 38.3 Å². The number of methoxy groups -OCH3 is 1. The summed E-state index contributed by atoms with van der Waals surface area (Å²) in [7, 11) is 1.76. The molecule has 2 heteroatoms. The molecule has 2 N–H and O–H groups in total. The zero-order valence-electron chi connectivity index (χ0n) is 6.84. The van der Waals surface area contributed by atoms with Gasteiger partial charge in [-0.05, 0) is 25.2 Å². The first kappa shape index (κ1) is 8.02. The Morgan fingerprint density at radius 3 is 2.50 bits per heavy atom. The van der Waals surface area contributed by atoms with E-state index >= 15 is 0 Å². The van der Waals surface area contributed by atoms with Crippen molar-refractivity contribution in [3.63, 3.8) is 0 Å². The molecule has 0 aromatic carbocycles. The Kier molecular flexibility index (Phi) is 2.69. The third kappa shape index (κ3) is 1.70. The third-order valence-corrected chi connectivity index (χ3v) is 2.25. The highest BCUT2D eigenvalue weighted by Crippen LogP contribution is 2.35. The van der Waals surface area contributed by atoms with E-state index in [1.807, 2.05) is 0 Å². The third-order valence-electron chi connectivity index (χ3n) is 2.25. The summed E-state index contributed by atoms with van der Waals surface area (Å²) in [6, 6.07) is 0.248. The molecule has 1 fully saturated rings. The number of ether oxygens (including phenoxy) is 1. The van der Waals surface area contributed by atoms with Gasteiger partial charge in [0.1, 0.15) is 0 Å². The highest BCUT2D eigenvalue weighted by molar-refractivity contribution is 4.87. The molecular formula is C8H17NO. The van der Waals surface area contributed by atoms with Crippen molar-refractivity contribution < 1.29 is 4.74 Å². The predicted molar refractivity (Wildman–Crippen MR) is 41.8 cm³/mol. The molecule has 1 aliphatic rings. The molecule has 0 amide bonds. The van der Waals surface area contributed by atoms with Crippen LogP contribution < -0.4 is 5.73 Å². The number of hydrogen-bond donors (Lipinski definition) is 1. The zero-order valence-corrected chi connectivity index (χ0v) is 6.84. The monoisotopic (exact) mass is 143 g/mol. The highest BCUT2D eigenvalue weighted by Gasteiger charge is 2.34. The molecule has 0 radical (unpaired) electrons. The molecule has 0 aromatic rings. The standard InChI is InChI=1S/C8H17NO/c1-3-7(9)8(10-2)6-4-5-6/h6-8H,3-5,9H2,1-2H3/t7-,8?/m1/s1. The SMILES string of the molecule is CC[C@@H](N)C(OC)C1CC1. The summed E-state index contributed by atoms with van der Waals surface area (Å²) in [6.07, 6.45) is 3.97. The van der Waals surface area contributed by atoms with Gasteiger partial charge < -0.3 is 10.5 Å². The van der Waals surface area contributed by atoms with Gasteiger partial charge in [-0.25, -0.2) is 0 Å². The van der Waals surface area contributed by atoms with Gasteiger partial charge >= 0.3 is 0 Å². The Morgan fingerprint density at radius 2 is 2.20 bits per heavy atom. The second-order valence-corrected chi connectivity index (χ2v) is 3.11. The van der Waals surface area contributed by atoms with E-state index in [9.17, 15) is 0 Å². The lowest BCUT2D eigenvalue weighted by molar-refractivity contribution is 0.0616. The molecule has 0 heterocycles. The second kappa shape index (κ2) is 3.35. The van der Waals surface area contributed by atoms with Crippen LogP contribution in [0.4, 0.5) is 0 Å². The Balaban J connectivity index is 2.30. The normalized spacial score (nSPS) is 24.3. The van der Waals surface area contributed by atoms with Crippen molar-refractivity contribution in [1.29, 1.82) is 0 Å². The Hall–Kier alpha value is -0.0800. The van der Waals surface area contributed by atoms with Crippen molar-refractivity contribution in [2.24, 2.45) is 11.7 Å². The van der Waals surface area contributed by atoms with E-state index in [0.29, 0.717) is 6.10 Å². The van der Waals surface area contributed by atoms with Crippen molar-refractivity contribution in [3.8, 4) is 0 Å². The largest absolute Gasteiger partial charge is 0.380 e. The van der Waals surface area contributed by atoms with Crippen LogP contribution in [0.2, 0.25) is 0 Å². The van der Waals surface area contributed by atoms with Crippen LogP contribution in [-0.2, 0) is 4.74 Å². The van der Waals surface area contributed by atoms with E-state index in [0.717, 1.165) is 12.3 Å². The van der Waals surface area contributed by atoms with E-state index < -0.39 is 0 Å². The van der Waals surface area contributed by atoms with Crippen LogP contribution in [0, 0.1) is 5.92 Å². The molecule has 60 valence electrons. The van der Waals surface area contributed by atoms with Crippen LogP contribution in [0.3, 0.4) is 0 Å². The lowest BCUT2D eigenvalue weighted by Crippen LogP contribution is -2.36. The zero-order chi connectivity index (χ0) is 7.56.